The van der Waals surface area contributed by atoms with Gasteiger partial charge in [0.05, 0.1) is 16.1 Å². The van der Waals surface area contributed by atoms with Crippen molar-refractivity contribution in [2.75, 3.05) is 6.54 Å². The van der Waals surface area contributed by atoms with Crippen LogP contribution in [0.5, 0.6) is 0 Å². The van der Waals surface area contributed by atoms with Crippen molar-refractivity contribution in [1.29, 1.82) is 0 Å². The standard InChI is InChI=1S/C23H21F9N6O3S/c1-9-5-4-6-38(9)17(39)13-14(42-16(34-13)15-35-18(37-36-15)19(2,3)40)10-8-33-12(7-11(10)21(24,25)26)20(41,22(27,28)29)23(30,31)32/h7-9,40-41H,4-6H2,1-3H3,(H,35,36,37)/t9-/m0/s1. The van der Waals surface area contributed by atoms with Crippen LogP contribution >= 0.6 is 11.3 Å². The normalized spacial score (nSPS) is 17.3. The van der Waals surface area contributed by atoms with Gasteiger partial charge in [-0.25, -0.2) is 9.97 Å². The second kappa shape index (κ2) is 10.1. The highest BCUT2D eigenvalue weighted by Gasteiger charge is 2.72. The van der Waals surface area contributed by atoms with Crippen molar-refractivity contribution in [3.63, 3.8) is 0 Å². The molecule has 1 fully saturated rings. The Bertz CT molecular complexity index is 1480. The Labute approximate surface area is 234 Å². The van der Waals surface area contributed by atoms with Crippen LogP contribution in [0.4, 0.5) is 39.5 Å². The van der Waals surface area contributed by atoms with Gasteiger partial charge < -0.3 is 15.1 Å². The third-order valence-corrected chi connectivity index (χ3v) is 7.63. The summed E-state index contributed by atoms with van der Waals surface area (Å²) in [5.41, 5.74) is -13.3. The molecule has 4 heterocycles. The number of amides is 1. The zero-order valence-corrected chi connectivity index (χ0v) is 22.5. The summed E-state index contributed by atoms with van der Waals surface area (Å²) >= 11 is 0.401. The molecule has 0 saturated carbocycles. The van der Waals surface area contributed by atoms with Crippen molar-refractivity contribution in [2.45, 2.75) is 69.4 Å². The number of hydrogen-bond acceptors (Lipinski definition) is 8. The maximum absolute atomic E-state index is 14.2. The molecule has 1 amide bonds. The number of halogens is 9. The number of alkyl halides is 9. The van der Waals surface area contributed by atoms with Crippen molar-refractivity contribution in [2.24, 2.45) is 0 Å². The number of likely N-dealkylation sites (tertiary alicyclic amines) is 1. The maximum atomic E-state index is 14.2. The summed E-state index contributed by atoms with van der Waals surface area (Å²) < 4.78 is 123. The number of aromatic nitrogens is 5. The highest BCUT2D eigenvalue weighted by atomic mass is 32.1. The van der Waals surface area contributed by atoms with Gasteiger partial charge in [-0.1, -0.05) is 0 Å². The van der Waals surface area contributed by atoms with Crippen molar-refractivity contribution in [3.8, 4) is 21.3 Å². The van der Waals surface area contributed by atoms with E-state index in [-0.39, 0.29) is 35.4 Å². The number of rotatable bonds is 5. The lowest BCUT2D eigenvalue weighted by Crippen LogP contribution is -2.54. The predicted molar refractivity (Wildman–Crippen MR) is 127 cm³/mol. The van der Waals surface area contributed by atoms with E-state index in [1.165, 1.54) is 18.7 Å². The zero-order valence-electron chi connectivity index (χ0n) is 21.7. The SMILES string of the molecule is C[C@H]1CCCN1C(=O)c1nc(-c2n[nH]c(C(C)(C)O)n2)sc1-c1cnc(C(O)(C(F)(F)F)C(F)(F)F)cc1C(F)(F)F. The number of aliphatic hydroxyl groups is 2. The average molecular weight is 633 g/mol. The number of thiazole rings is 1. The smallest absolute Gasteiger partial charge is 0.382 e. The Hall–Kier alpha value is -3.32. The van der Waals surface area contributed by atoms with E-state index in [1.54, 1.807) is 6.92 Å². The van der Waals surface area contributed by atoms with E-state index in [4.69, 9.17) is 0 Å². The van der Waals surface area contributed by atoms with Gasteiger partial charge in [0, 0.05) is 24.3 Å². The van der Waals surface area contributed by atoms with Crippen LogP contribution in [0, 0.1) is 0 Å². The molecule has 0 aromatic carbocycles. The topological polar surface area (TPSA) is 128 Å². The molecule has 19 heteroatoms. The molecule has 0 spiro atoms. The summed E-state index contributed by atoms with van der Waals surface area (Å²) in [6.45, 7) is 4.58. The van der Waals surface area contributed by atoms with E-state index >= 15 is 0 Å². The first-order valence-corrected chi connectivity index (χ1v) is 12.8. The van der Waals surface area contributed by atoms with Crippen molar-refractivity contribution in [1.82, 2.24) is 30.0 Å². The molecule has 42 heavy (non-hydrogen) atoms. The minimum atomic E-state index is -6.49. The molecule has 3 N–H and O–H groups in total. The molecule has 3 aromatic rings. The van der Waals surface area contributed by atoms with E-state index < -0.39 is 69.1 Å². The number of nitrogens with zero attached hydrogens (tertiary/aromatic N) is 5. The van der Waals surface area contributed by atoms with Gasteiger partial charge in [0.1, 0.15) is 11.3 Å². The first kappa shape index (κ1) is 31.6. The number of aromatic amines is 1. The number of nitrogens with one attached hydrogen (secondary N) is 1. The van der Waals surface area contributed by atoms with Gasteiger partial charge >= 0.3 is 18.5 Å². The van der Waals surface area contributed by atoms with Gasteiger partial charge in [-0.2, -0.15) is 44.6 Å². The van der Waals surface area contributed by atoms with Crippen LogP contribution in [0.3, 0.4) is 0 Å². The highest BCUT2D eigenvalue weighted by Crippen LogP contribution is 2.51. The molecular weight excluding hydrogens is 611 g/mol. The fraction of sp³-hybridized carbons (Fsp3) is 0.522. The number of pyridine rings is 1. The van der Waals surface area contributed by atoms with Gasteiger partial charge in [-0.3, -0.25) is 14.9 Å². The van der Waals surface area contributed by atoms with Gasteiger partial charge in [-0.05, 0) is 39.7 Å². The average Bonchev–Trinajstić information content (AvgIpc) is 3.59. The van der Waals surface area contributed by atoms with Crippen molar-refractivity contribution < 1.29 is 54.5 Å². The third-order valence-electron chi connectivity index (χ3n) is 6.54. The lowest BCUT2D eigenvalue weighted by Gasteiger charge is -2.32. The Morgan fingerprint density at radius 3 is 2.14 bits per heavy atom. The molecule has 0 unspecified atom stereocenters. The van der Waals surface area contributed by atoms with Gasteiger partial charge in [0.2, 0.25) is 5.82 Å². The predicted octanol–water partition coefficient (Wildman–Crippen LogP) is 5.17. The summed E-state index contributed by atoms with van der Waals surface area (Å²) in [6.07, 6.45) is -17.4. The number of carbonyl (C=O) groups excluding carboxylic acids is 1. The molecule has 230 valence electrons. The van der Waals surface area contributed by atoms with Crippen LogP contribution in [-0.2, 0) is 17.4 Å². The highest BCUT2D eigenvalue weighted by molar-refractivity contribution is 7.18. The van der Waals surface area contributed by atoms with Crippen LogP contribution in [0.15, 0.2) is 12.3 Å². The van der Waals surface area contributed by atoms with E-state index in [1.807, 2.05) is 0 Å². The molecule has 9 nitrogen and oxygen atoms in total. The summed E-state index contributed by atoms with van der Waals surface area (Å²) in [5, 5.41) is 25.8. The minimum absolute atomic E-state index is 0.0718. The number of H-pyrrole nitrogens is 1. The van der Waals surface area contributed by atoms with E-state index in [9.17, 15) is 54.5 Å². The Morgan fingerprint density at radius 2 is 1.67 bits per heavy atom. The van der Waals surface area contributed by atoms with E-state index in [0.717, 1.165) is 0 Å². The van der Waals surface area contributed by atoms with Crippen molar-refractivity contribution in [3.05, 3.63) is 35.0 Å². The lowest BCUT2D eigenvalue weighted by atomic mass is 9.94. The van der Waals surface area contributed by atoms with Crippen LogP contribution in [0.2, 0.25) is 0 Å². The second-order valence-electron chi connectivity index (χ2n) is 10.1. The van der Waals surface area contributed by atoms with Crippen LogP contribution in [0.25, 0.3) is 21.3 Å². The van der Waals surface area contributed by atoms with Crippen LogP contribution < -0.4 is 0 Å². The maximum Gasteiger partial charge on any atom is 0.432 e. The van der Waals surface area contributed by atoms with Crippen molar-refractivity contribution >= 4 is 17.2 Å². The molecular formula is C23H21F9N6O3S. The Kier molecular flexibility index (Phi) is 7.64. The molecule has 1 saturated heterocycles. The quantitative estimate of drug-likeness (QED) is 0.331. The summed E-state index contributed by atoms with van der Waals surface area (Å²) in [7, 11) is 0. The molecule has 0 radical (unpaired) electrons. The molecule has 0 aliphatic carbocycles. The van der Waals surface area contributed by atoms with Crippen LogP contribution in [-0.4, -0.2) is 71.1 Å². The molecule has 0 bridgehead atoms. The Balaban J connectivity index is 1.97. The zero-order chi connectivity index (χ0) is 31.6. The summed E-state index contributed by atoms with van der Waals surface area (Å²) in [5.74, 6) is -1.18. The second-order valence-corrected chi connectivity index (χ2v) is 11.1. The molecule has 1 aliphatic heterocycles. The van der Waals surface area contributed by atoms with Crippen LogP contribution in [0.1, 0.15) is 61.2 Å². The van der Waals surface area contributed by atoms with E-state index in [2.05, 4.69) is 25.1 Å². The number of hydrogen-bond donors (Lipinski definition) is 3. The third kappa shape index (κ3) is 5.44. The fourth-order valence-corrected chi connectivity index (χ4v) is 5.28. The molecule has 4 rings (SSSR count). The molecule has 1 aliphatic rings. The lowest BCUT2D eigenvalue weighted by molar-refractivity contribution is -0.377. The first-order chi connectivity index (χ1) is 19.1. The van der Waals surface area contributed by atoms with E-state index in [0.29, 0.717) is 24.2 Å². The summed E-state index contributed by atoms with van der Waals surface area (Å²) in [4.78, 5) is 25.3. The first-order valence-electron chi connectivity index (χ1n) is 12.0. The summed E-state index contributed by atoms with van der Waals surface area (Å²) in [6, 6.07) is -0.904. The molecule has 3 aromatic heterocycles. The van der Waals surface area contributed by atoms with Gasteiger partial charge in [0.15, 0.2) is 10.8 Å². The van der Waals surface area contributed by atoms with Gasteiger partial charge in [0.25, 0.3) is 11.5 Å². The minimum Gasteiger partial charge on any atom is -0.382 e. The largest absolute Gasteiger partial charge is 0.432 e. The molecule has 1 atom stereocenters. The number of carbonyl (C=O) groups is 1. The Morgan fingerprint density at radius 1 is 1.05 bits per heavy atom. The fourth-order valence-electron chi connectivity index (χ4n) is 4.27. The van der Waals surface area contributed by atoms with Gasteiger partial charge in [-0.15, -0.1) is 11.3 Å². The monoisotopic (exact) mass is 632 g/mol.